The number of amides is 1. The molecule has 0 aliphatic rings. The van der Waals surface area contributed by atoms with Crippen molar-refractivity contribution in [3.05, 3.63) is 59.4 Å². The van der Waals surface area contributed by atoms with E-state index < -0.39 is 0 Å². The van der Waals surface area contributed by atoms with Crippen LogP contribution < -0.4 is 10.1 Å². The van der Waals surface area contributed by atoms with E-state index in [0.29, 0.717) is 40.7 Å². The second-order valence-electron chi connectivity index (χ2n) is 7.02. The van der Waals surface area contributed by atoms with Gasteiger partial charge in [0.25, 0.3) is 0 Å². The van der Waals surface area contributed by atoms with E-state index >= 15 is 0 Å². The summed E-state index contributed by atoms with van der Waals surface area (Å²) in [5.74, 6) is 0.844. The van der Waals surface area contributed by atoms with Crippen molar-refractivity contribution >= 4 is 35.0 Å². The standard InChI is InChI=1S/C22H25ClN4O3S/c1-15(2)16-7-9-17(10-8-16)27-14-24-26-22(27)31-13-20(28)25-19-6-4-5-18(23)21(19)30-12-11-29-3/h4-10,14-15H,11-13H2,1-3H3,(H,25,28). The number of carbonyl (C=O) groups excluding carboxylic acids is 1. The van der Waals surface area contributed by atoms with Crippen LogP contribution in [-0.4, -0.2) is 46.7 Å². The number of halogens is 1. The maximum Gasteiger partial charge on any atom is 0.234 e. The van der Waals surface area contributed by atoms with Crippen molar-refractivity contribution in [2.75, 3.05) is 31.4 Å². The van der Waals surface area contributed by atoms with E-state index in [-0.39, 0.29) is 11.7 Å². The average Bonchev–Trinajstić information content (AvgIpc) is 3.23. The molecule has 1 N–H and O–H groups in total. The van der Waals surface area contributed by atoms with E-state index in [1.165, 1.54) is 17.3 Å². The number of ether oxygens (including phenoxy) is 2. The van der Waals surface area contributed by atoms with Gasteiger partial charge in [-0.25, -0.2) is 0 Å². The van der Waals surface area contributed by atoms with Gasteiger partial charge < -0.3 is 14.8 Å². The number of carbonyl (C=O) groups is 1. The zero-order valence-corrected chi connectivity index (χ0v) is 19.2. The van der Waals surface area contributed by atoms with Crippen molar-refractivity contribution < 1.29 is 14.3 Å². The normalized spacial score (nSPS) is 11.0. The van der Waals surface area contributed by atoms with Crippen LogP contribution in [0.2, 0.25) is 5.02 Å². The Morgan fingerprint density at radius 2 is 1.97 bits per heavy atom. The fourth-order valence-corrected chi connectivity index (χ4v) is 3.78. The van der Waals surface area contributed by atoms with Gasteiger partial charge >= 0.3 is 0 Å². The molecule has 31 heavy (non-hydrogen) atoms. The lowest BCUT2D eigenvalue weighted by Crippen LogP contribution is -2.16. The summed E-state index contributed by atoms with van der Waals surface area (Å²) >= 11 is 7.53. The molecule has 3 rings (SSSR count). The van der Waals surface area contributed by atoms with Crippen LogP contribution in [0.15, 0.2) is 53.9 Å². The van der Waals surface area contributed by atoms with Crippen LogP contribution in [-0.2, 0) is 9.53 Å². The number of nitrogens with zero attached hydrogens (tertiary/aromatic N) is 3. The van der Waals surface area contributed by atoms with Crippen molar-refractivity contribution in [1.82, 2.24) is 14.8 Å². The summed E-state index contributed by atoms with van der Waals surface area (Å²) in [5, 5.41) is 12.1. The monoisotopic (exact) mass is 460 g/mol. The largest absolute Gasteiger partial charge is 0.487 e. The van der Waals surface area contributed by atoms with Crippen LogP contribution in [0.4, 0.5) is 5.69 Å². The number of rotatable bonds is 10. The van der Waals surface area contributed by atoms with Gasteiger partial charge in [0, 0.05) is 12.8 Å². The van der Waals surface area contributed by atoms with Gasteiger partial charge in [-0.2, -0.15) is 0 Å². The highest BCUT2D eigenvalue weighted by atomic mass is 35.5. The maximum atomic E-state index is 12.6. The molecule has 0 atom stereocenters. The Kier molecular flexibility index (Phi) is 8.34. The highest BCUT2D eigenvalue weighted by molar-refractivity contribution is 7.99. The molecular formula is C22H25ClN4O3S. The molecule has 9 heteroatoms. The number of nitrogens with one attached hydrogen (secondary N) is 1. The quantitative estimate of drug-likeness (QED) is 0.346. The van der Waals surface area contributed by atoms with Gasteiger partial charge in [0.05, 0.1) is 23.1 Å². The first-order valence-electron chi connectivity index (χ1n) is 9.83. The van der Waals surface area contributed by atoms with Crippen LogP contribution in [0.3, 0.4) is 0 Å². The number of para-hydroxylation sites is 1. The molecule has 0 fully saturated rings. The molecule has 3 aromatic rings. The molecule has 0 saturated heterocycles. The van der Waals surface area contributed by atoms with Crippen molar-refractivity contribution in [2.45, 2.75) is 24.9 Å². The molecule has 0 aliphatic heterocycles. The minimum Gasteiger partial charge on any atom is -0.487 e. The Labute approximate surface area is 191 Å². The summed E-state index contributed by atoms with van der Waals surface area (Å²) in [4.78, 5) is 12.6. The van der Waals surface area contributed by atoms with Crippen LogP contribution in [0, 0.1) is 0 Å². The number of anilines is 1. The van der Waals surface area contributed by atoms with Crippen LogP contribution in [0.25, 0.3) is 5.69 Å². The third-order valence-electron chi connectivity index (χ3n) is 4.46. The van der Waals surface area contributed by atoms with E-state index in [1.807, 2.05) is 16.7 Å². The summed E-state index contributed by atoms with van der Waals surface area (Å²) < 4.78 is 12.5. The Balaban J connectivity index is 1.64. The van der Waals surface area contributed by atoms with Crippen LogP contribution >= 0.6 is 23.4 Å². The zero-order valence-electron chi connectivity index (χ0n) is 17.7. The van der Waals surface area contributed by atoms with Gasteiger partial charge in [-0.1, -0.05) is 55.4 Å². The number of aromatic nitrogens is 3. The summed E-state index contributed by atoms with van der Waals surface area (Å²) in [6.45, 7) is 5.06. The summed E-state index contributed by atoms with van der Waals surface area (Å²) in [7, 11) is 1.59. The highest BCUT2D eigenvalue weighted by Crippen LogP contribution is 2.33. The third-order valence-corrected chi connectivity index (χ3v) is 5.70. The molecule has 1 aromatic heterocycles. The lowest BCUT2D eigenvalue weighted by Gasteiger charge is -2.14. The van der Waals surface area contributed by atoms with Crippen molar-refractivity contribution in [3.63, 3.8) is 0 Å². The molecule has 0 unspecified atom stereocenters. The molecule has 0 spiro atoms. The molecular weight excluding hydrogens is 436 g/mol. The average molecular weight is 461 g/mol. The summed E-state index contributed by atoms with van der Waals surface area (Å²) in [6.07, 6.45) is 1.64. The van der Waals surface area contributed by atoms with E-state index in [2.05, 4.69) is 41.5 Å². The second kappa shape index (κ2) is 11.2. The SMILES string of the molecule is COCCOc1c(Cl)cccc1NC(=O)CSc1nncn1-c1ccc(C(C)C)cc1. The molecule has 1 heterocycles. The second-order valence-corrected chi connectivity index (χ2v) is 8.37. The Morgan fingerprint density at radius 3 is 2.68 bits per heavy atom. The minimum absolute atomic E-state index is 0.160. The number of benzene rings is 2. The molecule has 0 aliphatic carbocycles. The first kappa shape index (κ1) is 23.1. The predicted molar refractivity (Wildman–Crippen MR) is 124 cm³/mol. The van der Waals surface area contributed by atoms with Gasteiger partial charge in [0.1, 0.15) is 12.9 Å². The van der Waals surface area contributed by atoms with Crippen molar-refractivity contribution in [3.8, 4) is 11.4 Å². The van der Waals surface area contributed by atoms with E-state index in [0.717, 1.165) is 5.69 Å². The van der Waals surface area contributed by atoms with Gasteiger partial charge in [0.15, 0.2) is 10.9 Å². The van der Waals surface area contributed by atoms with Crippen molar-refractivity contribution in [2.24, 2.45) is 0 Å². The van der Waals surface area contributed by atoms with E-state index in [4.69, 9.17) is 21.1 Å². The topological polar surface area (TPSA) is 78.3 Å². The lowest BCUT2D eigenvalue weighted by atomic mass is 10.0. The van der Waals surface area contributed by atoms with Crippen LogP contribution in [0.5, 0.6) is 5.75 Å². The summed E-state index contributed by atoms with van der Waals surface area (Å²) in [6, 6.07) is 13.4. The Hall–Kier alpha value is -2.55. The Bertz CT molecular complexity index is 1010. The number of thioether (sulfide) groups is 1. The Morgan fingerprint density at radius 1 is 1.19 bits per heavy atom. The fraction of sp³-hybridized carbons (Fsp3) is 0.318. The zero-order chi connectivity index (χ0) is 22.2. The maximum absolute atomic E-state index is 12.6. The van der Waals surface area contributed by atoms with E-state index in [9.17, 15) is 4.79 Å². The van der Waals surface area contributed by atoms with Gasteiger partial charge in [-0.3, -0.25) is 9.36 Å². The smallest absolute Gasteiger partial charge is 0.234 e. The summed E-state index contributed by atoms with van der Waals surface area (Å²) in [5.41, 5.74) is 2.72. The van der Waals surface area contributed by atoms with Gasteiger partial charge in [-0.05, 0) is 35.7 Å². The number of hydrogen-bond donors (Lipinski definition) is 1. The highest BCUT2D eigenvalue weighted by Gasteiger charge is 2.14. The first-order chi connectivity index (χ1) is 15.0. The first-order valence-corrected chi connectivity index (χ1v) is 11.2. The fourth-order valence-electron chi connectivity index (χ4n) is 2.82. The molecule has 0 radical (unpaired) electrons. The van der Waals surface area contributed by atoms with E-state index in [1.54, 1.807) is 31.6 Å². The number of methoxy groups -OCH3 is 1. The lowest BCUT2D eigenvalue weighted by molar-refractivity contribution is -0.113. The van der Waals surface area contributed by atoms with Gasteiger partial charge in [-0.15, -0.1) is 10.2 Å². The molecule has 2 aromatic carbocycles. The molecule has 0 bridgehead atoms. The predicted octanol–water partition coefficient (Wildman–Crippen LogP) is 4.80. The minimum atomic E-state index is -0.200. The molecule has 0 saturated carbocycles. The molecule has 164 valence electrons. The molecule has 1 amide bonds. The van der Waals surface area contributed by atoms with Crippen molar-refractivity contribution in [1.29, 1.82) is 0 Å². The number of hydrogen-bond acceptors (Lipinski definition) is 6. The third kappa shape index (κ3) is 6.22. The van der Waals surface area contributed by atoms with Gasteiger partial charge in [0.2, 0.25) is 5.91 Å². The molecule has 7 nitrogen and oxygen atoms in total. The van der Waals surface area contributed by atoms with Crippen LogP contribution in [0.1, 0.15) is 25.3 Å².